The van der Waals surface area contributed by atoms with Crippen molar-refractivity contribution in [1.29, 1.82) is 5.41 Å². The van der Waals surface area contributed by atoms with Crippen LogP contribution in [0, 0.1) is 28.5 Å². The Morgan fingerprint density at radius 2 is 2.11 bits per heavy atom. The van der Waals surface area contributed by atoms with E-state index in [0.717, 1.165) is 6.42 Å². The molecule has 4 amide bonds. The summed E-state index contributed by atoms with van der Waals surface area (Å²) < 4.78 is 15.2. The SMILES string of the molecule is C=C[C@]1(C[C@@H](CC)C(=O)N[C@@H](c2c(F)ccc(Cl)c2Cl)[C@]2(C)CC[C@@H](CC=N)C2)NC(=O)NC1=O. The summed E-state index contributed by atoms with van der Waals surface area (Å²) in [5, 5.41) is 15.5. The van der Waals surface area contributed by atoms with Crippen LogP contribution in [-0.4, -0.2) is 29.6 Å². The lowest BCUT2D eigenvalue weighted by atomic mass is 9.75. The van der Waals surface area contributed by atoms with Gasteiger partial charge < -0.3 is 16.0 Å². The maximum Gasteiger partial charge on any atom is 0.322 e. The average Bonchev–Trinajstić information content (AvgIpc) is 3.33. The lowest BCUT2D eigenvalue weighted by Crippen LogP contribution is -2.49. The first-order valence-electron chi connectivity index (χ1n) is 11.7. The van der Waals surface area contributed by atoms with E-state index >= 15 is 4.39 Å². The molecule has 0 aromatic heterocycles. The standard InChI is InChI=1S/C25H31Cl2FN4O3/c1-4-15(13-25(5-2)22(34)31-23(35)32-25)21(33)30-20(18-17(28)7-6-16(26)19(18)27)24(3)10-8-14(12-24)9-11-29/h5-7,11,14-15,20,29H,2,4,8-10,12-13H2,1,3H3,(H,30,33)(H2,31,32,34,35)/t14-,15+,20-,24+,25+/m0/s1. The number of carbonyl (C=O) groups excluding carboxylic acids is 3. The van der Waals surface area contributed by atoms with Crippen LogP contribution < -0.4 is 16.0 Å². The molecule has 3 rings (SSSR count). The molecule has 7 nitrogen and oxygen atoms in total. The van der Waals surface area contributed by atoms with Crippen LogP contribution in [0.1, 0.15) is 64.0 Å². The summed E-state index contributed by atoms with van der Waals surface area (Å²) >= 11 is 12.7. The van der Waals surface area contributed by atoms with Crippen LogP contribution in [0.25, 0.3) is 0 Å². The van der Waals surface area contributed by atoms with Crippen LogP contribution in [0.15, 0.2) is 24.8 Å². The fraction of sp³-hybridized carbons (Fsp3) is 0.520. The highest BCUT2D eigenvalue weighted by molar-refractivity contribution is 6.42. The van der Waals surface area contributed by atoms with E-state index in [4.69, 9.17) is 28.6 Å². The average molecular weight is 525 g/mol. The molecule has 1 saturated carbocycles. The van der Waals surface area contributed by atoms with Gasteiger partial charge in [-0.05, 0) is 68.2 Å². The van der Waals surface area contributed by atoms with E-state index < -0.39 is 40.7 Å². The van der Waals surface area contributed by atoms with Gasteiger partial charge in [0.05, 0.1) is 16.1 Å². The van der Waals surface area contributed by atoms with Crippen molar-refractivity contribution in [1.82, 2.24) is 16.0 Å². The van der Waals surface area contributed by atoms with E-state index in [2.05, 4.69) is 22.5 Å². The summed E-state index contributed by atoms with van der Waals surface area (Å²) in [6.45, 7) is 7.46. The van der Waals surface area contributed by atoms with Gasteiger partial charge in [0, 0.05) is 11.5 Å². The number of carbonyl (C=O) groups is 3. The molecule has 0 radical (unpaired) electrons. The van der Waals surface area contributed by atoms with E-state index in [-0.39, 0.29) is 33.9 Å². The van der Waals surface area contributed by atoms with Gasteiger partial charge in [0.25, 0.3) is 5.91 Å². The monoisotopic (exact) mass is 524 g/mol. The summed E-state index contributed by atoms with van der Waals surface area (Å²) in [5.74, 6) is -1.97. The predicted octanol–water partition coefficient (Wildman–Crippen LogP) is 5.32. The number of nitrogens with one attached hydrogen (secondary N) is 4. The predicted molar refractivity (Wildman–Crippen MR) is 134 cm³/mol. The Bertz CT molecular complexity index is 1050. The van der Waals surface area contributed by atoms with Crippen molar-refractivity contribution in [2.24, 2.45) is 17.3 Å². The quantitative estimate of drug-likeness (QED) is 0.144. The number of halogens is 3. The highest BCUT2D eigenvalue weighted by atomic mass is 35.5. The van der Waals surface area contributed by atoms with Crippen molar-refractivity contribution in [2.75, 3.05) is 0 Å². The Hall–Kier alpha value is -2.45. The number of urea groups is 1. The van der Waals surface area contributed by atoms with Gasteiger partial charge in [0.1, 0.15) is 11.4 Å². The van der Waals surface area contributed by atoms with Crippen molar-refractivity contribution < 1.29 is 18.8 Å². The smallest absolute Gasteiger partial charge is 0.322 e. The van der Waals surface area contributed by atoms with Gasteiger partial charge in [-0.2, -0.15) is 0 Å². The van der Waals surface area contributed by atoms with Crippen molar-refractivity contribution in [2.45, 2.75) is 64.0 Å². The van der Waals surface area contributed by atoms with Crippen molar-refractivity contribution in [3.63, 3.8) is 0 Å². The van der Waals surface area contributed by atoms with Gasteiger partial charge in [0.2, 0.25) is 5.91 Å². The van der Waals surface area contributed by atoms with Crippen LogP contribution in [0.3, 0.4) is 0 Å². The van der Waals surface area contributed by atoms with Crippen LogP contribution >= 0.6 is 23.2 Å². The molecule has 1 aliphatic carbocycles. The number of benzene rings is 1. The molecule has 0 spiro atoms. The van der Waals surface area contributed by atoms with Gasteiger partial charge in [-0.25, -0.2) is 9.18 Å². The number of imide groups is 1. The Balaban J connectivity index is 1.95. The van der Waals surface area contributed by atoms with Crippen LogP contribution in [-0.2, 0) is 9.59 Å². The highest BCUT2D eigenvalue weighted by Gasteiger charge is 2.48. The highest BCUT2D eigenvalue weighted by Crippen LogP contribution is 2.52. The number of hydrogen-bond donors (Lipinski definition) is 4. The summed E-state index contributed by atoms with van der Waals surface area (Å²) in [7, 11) is 0. The zero-order valence-corrected chi connectivity index (χ0v) is 21.4. The van der Waals surface area contributed by atoms with E-state index in [9.17, 15) is 14.4 Å². The normalized spacial score (nSPS) is 27.6. The van der Waals surface area contributed by atoms with E-state index in [1.165, 1.54) is 24.4 Å². The Morgan fingerprint density at radius 3 is 2.69 bits per heavy atom. The second kappa shape index (κ2) is 10.7. The molecule has 4 N–H and O–H groups in total. The first kappa shape index (κ1) is 27.1. The molecule has 2 aliphatic rings. The molecule has 10 heteroatoms. The fourth-order valence-electron chi connectivity index (χ4n) is 5.38. The lowest BCUT2D eigenvalue weighted by molar-refractivity contribution is -0.128. The zero-order chi connectivity index (χ0) is 26.0. The summed E-state index contributed by atoms with van der Waals surface area (Å²) in [6.07, 6.45) is 5.88. The van der Waals surface area contributed by atoms with Gasteiger partial charge in [0.15, 0.2) is 0 Å². The first-order chi connectivity index (χ1) is 16.5. The van der Waals surface area contributed by atoms with Crippen molar-refractivity contribution in [3.8, 4) is 0 Å². The van der Waals surface area contributed by atoms with Crippen LogP contribution in [0.2, 0.25) is 10.0 Å². The molecule has 2 fully saturated rings. The lowest BCUT2D eigenvalue weighted by Gasteiger charge is -2.37. The summed E-state index contributed by atoms with van der Waals surface area (Å²) in [4.78, 5) is 37.8. The fourth-order valence-corrected chi connectivity index (χ4v) is 5.80. The summed E-state index contributed by atoms with van der Waals surface area (Å²) in [6, 6.07) is 1.18. The topological polar surface area (TPSA) is 111 Å². The molecule has 0 unspecified atom stereocenters. The van der Waals surface area contributed by atoms with E-state index in [1.807, 2.05) is 6.92 Å². The zero-order valence-electron chi connectivity index (χ0n) is 19.8. The number of rotatable bonds is 10. The number of hydrogen-bond acceptors (Lipinski definition) is 4. The molecule has 35 heavy (non-hydrogen) atoms. The molecule has 1 aromatic carbocycles. The molecule has 1 saturated heterocycles. The minimum atomic E-state index is -1.41. The van der Waals surface area contributed by atoms with Gasteiger partial charge >= 0.3 is 6.03 Å². The van der Waals surface area contributed by atoms with E-state index in [1.54, 1.807) is 6.92 Å². The first-order valence-corrected chi connectivity index (χ1v) is 12.5. The second-order valence-electron chi connectivity index (χ2n) is 9.79. The Morgan fingerprint density at radius 1 is 1.40 bits per heavy atom. The molecule has 0 bridgehead atoms. The molecule has 5 atom stereocenters. The maximum atomic E-state index is 15.2. The molecule has 190 valence electrons. The van der Waals surface area contributed by atoms with Crippen LogP contribution in [0.4, 0.5) is 9.18 Å². The summed E-state index contributed by atoms with van der Waals surface area (Å²) in [5.41, 5.74) is -1.81. The molecular weight excluding hydrogens is 494 g/mol. The van der Waals surface area contributed by atoms with Crippen LogP contribution in [0.5, 0.6) is 0 Å². The third-order valence-corrected chi connectivity index (χ3v) is 8.25. The molecule has 1 heterocycles. The molecule has 1 aliphatic heterocycles. The van der Waals surface area contributed by atoms with E-state index in [0.29, 0.717) is 25.7 Å². The molecular formula is C25H31Cl2FN4O3. The third-order valence-electron chi connectivity index (χ3n) is 7.43. The minimum Gasteiger partial charge on any atom is -0.348 e. The Labute approximate surface area is 214 Å². The largest absolute Gasteiger partial charge is 0.348 e. The minimum absolute atomic E-state index is 0.00201. The van der Waals surface area contributed by atoms with Gasteiger partial charge in [-0.15, -0.1) is 6.58 Å². The number of amides is 4. The third kappa shape index (κ3) is 5.38. The second-order valence-corrected chi connectivity index (χ2v) is 10.6. The van der Waals surface area contributed by atoms with Crippen molar-refractivity contribution in [3.05, 3.63) is 46.2 Å². The Kier molecular flexibility index (Phi) is 8.27. The molecule has 1 aromatic rings. The van der Waals surface area contributed by atoms with Gasteiger partial charge in [-0.1, -0.05) is 43.1 Å². The maximum absolute atomic E-state index is 15.2. The van der Waals surface area contributed by atoms with Gasteiger partial charge in [-0.3, -0.25) is 14.9 Å². The van der Waals surface area contributed by atoms with Crippen molar-refractivity contribution >= 4 is 47.3 Å².